The van der Waals surface area contributed by atoms with Crippen molar-refractivity contribution in [2.75, 3.05) is 18.6 Å². The summed E-state index contributed by atoms with van der Waals surface area (Å²) in [5, 5.41) is 0. The summed E-state index contributed by atoms with van der Waals surface area (Å²) in [7, 11) is 1.52. The van der Waals surface area contributed by atoms with Gasteiger partial charge < -0.3 is 14.4 Å². The number of methoxy groups -OCH3 is 1. The van der Waals surface area contributed by atoms with Crippen LogP contribution < -0.4 is 9.64 Å². The Bertz CT molecular complexity index is 821. The van der Waals surface area contributed by atoms with Crippen LogP contribution in [0.2, 0.25) is 0 Å². The molecule has 0 fully saturated rings. The van der Waals surface area contributed by atoms with Crippen molar-refractivity contribution in [2.45, 2.75) is 19.4 Å². The molecule has 1 amide bonds. The number of rotatable bonds is 4. The average Bonchev–Trinajstić information content (AvgIpc) is 2.95. The molecule has 1 aliphatic heterocycles. The van der Waals surface area contributed by atoms with Crippen LogP contribution in [-0.2, 0) is 16.0 Å². The molecule has 0 radical (unpaired) electrons. The molecule has 0 saturated carbocycles. The van der Waals surface area contributed by atoms with Gasteiger partial charge in [0.1, 0.15) is 5.75 Å². The minimum Gasteiger partial charge on any atom is -0.497 e. The molecule has 0 aromatic heterocycles. The monoisotopic (exact) mass is 403 g/mol. The van der Waals surface area contributed by atoms with Gasteiger partial charge in [0.2, 0.25) is 0 Å². The number of nitrogens with zero attached hydrogens (tertiary/aromatic N) is 1. The fourth-order valence-corrected chi connectivity index (χ4v) is 3.42. The number of benzene rings is 2. The summed E-state index contributed by atoms with van der Waals surface area (Å²) in [5.41, 5.74) is 2.34. The second kappa shape index (κ2) is 7.27. The highest BCUT2D eigenvalue weighted by Gasteiger charge is 2.31. The zero-order valence-electron chi connectivity index (χ0n) is 14.0. The Morgan fingerprint density at radius 2 is 2.00 bits per heavy atom. The van der Waals surface area contributed by atoms with Crippen molar-refractivity contribution >= 4 is 33.5 Å². The number of ether oxygens (including phenoxy) is 2. The molecule has 0 unspecified atom stereocenters. The van der Waals surface area contributed by atoms with Gasteiger partial charge in [0.15, 0.2) is 6.61 Å². The van der Waals surface area contributed by atoms with Crippen molar-refractivity contribution in [1.29, 1.82) is 0 Å². The molecule has 1 heterocycles. The van der Waals surface area contributed by atoms with E-state index in [1.807, 2.05) is 31.2 Å². The summed E-state index contributed by atoms with van der Waals surface area (Å²) >= 11 is 3.31. The van der Waals surface area contributed by atoms with Crippen molar-refractivity contribution < 1.29 is 19.1 Å². The third kappa shape index (κ3) is 3.54. The maximum absolute atomic E-state index is 12.6. The SMILES string of the molecule is COc1ccc(Br)c(C(=O)OCC(=O)N2c3ccccc3C[C@H]2C)c1. The van der Waals surface area contributed by atoms with E-state index in [1.54, 1.807) is 23.1 Å². The minimum absolute atomic E-state index is 0.0483. The van der Waals surface area contributed by atoms with Gasteiger partial charge in [-0.3, -0.25) is 4.79 Å². The molecule has 25 heavy (non-hydrogen) atoms. The fraction of sp³-hybridized carbons (Fsp3) is 0.263. The summed E-state index contributed by atoms with van der Waals surface area (Å²) < 4.78 is 10.9. The van der Waals surface area contributed by atoms with Crippen molar-refractivity contribution in [1.82, 2.24) is 0 Å². The summed E-state index contributed by atoms with van der Waals surface area (Å²) in [6.45, 7) is 1.68. The molecule has 0 spiro atoms. The molecule has 0 saturated heterocycles. The topological polar surface area (TPSA) is 55.8 Å². The first-order valence-corrected chi connectivity index (χ1v) is 8.71. The van der Waals surface area contributed by atoms with Gasteiger partial charge in [-0.05, 0) is 59.1 Å². The number of carbonyl (C=O) groups is 2. The molecular formula is C19H18BrNO4. The van der Waals surface area contributed by atoms with E-state index in [1.165, 1.54) is 7.11 Å². The minimum atomic E-state index is -0.570. The predicted octanol–water partition coefficient (Wildman–Crippen LogP) is 3.59. The molecule has 2 aromatic rings. The molecule has 1 atom stereocenters. The highest BCUT2D eigenvalue weighted by molar-refractivity contribution is 9.10. The average molecular weight is 404 g/mol. The molecule has 3 rings (SSSR count). The van der Waals surface area contributed by atoms with Crippen LogP contribution in [0.3, 0.4) is 0 Å². The second-order valence-electron chi connectivity index (χ2n) is 5.87. The Morgan fingerprint density at radius 3 is 2.76 bits per heavy atom. The molecule has 5 nitrogen and oxygen atoms in total. The maximum Gasteiger partial charge on any atom is 0.339 e. The van der Waals surface area contributed by atoms with Gasteiger partial charge in [0.05, 0.1) is 12.7 Å². The molecule has 0 aliphatic carbocycles. The number of esters is 1. The van der Waals surface area contributed by atoms with E-state index in [2.05, 4.69) is 15.9 Å². The summed E-state index contributed by atoms with van der Waals surface area (Å²) in [5.74, 6) is -0.257. The van der Waals surface area contributed by atoms with Crippen molar-refractivity contribution in [2.24, 2.45) is 0 Å². The van der Waals surface area contributed by atoms with E-state index in [4.69, 9.17) is 9.47 Å². The molecule has 6 heteroatoms. The number of para-hydroxylation sites is 1. The van der Waals surface area contributed by atoms with E-state index < -0.39 is 5.97 Å². The summed E-state index contributed by atoms with van der Waals surface area (Å²) in [4.78, 5) is 26.6. The Hall–Kier alpha value is -2.34. The number of amides is 1. The van der Waals surface area contributed by atoms with Crippen LogP contribution in [0.25, 0.3) is 0 Å². The second-order valence-corrected chi connectivity index (χ2v) is 6.72. The first kappa shape index (κ1) is 17.5. The van der Waals surface area contributed by atoms with Gasteiger partial charge in [-0.25, -0.2) is 4.79 Å². The lowest BCUT2D eigenvalue weighted by Gasteiger charge is -2.22. The maximum atomic E-state index is 12.6. The van der Waals surface area contributed by atoms with Crippen LogP contribution in [0.4, 0.5) is 5.69 Å². The van der Waals surface area contributed by atoms with Gasteiger partial charge in [0, 0.05) is 16.2 Å². The van der Waals surface area contributed by atoms with E-state index in [-0.39, 0.29) is 18.6 Å². The van der Waals surface area contributed by atoms with Crippen molar-refractivity contribution in [3.05, 3.63) is 58.1 Å². The van der Waals surface area contributed by atoms with E-state index in [0.29, 0.717) is 15.8 Å². The van der Waals surface area contributed by atoms with Crippen LogP contribution >= 0.6 is 15.9 Å². The highest BCUT2D eigenvalue weighted by atomic mass is 79.9. The number of anilines is 1. The quantitative estimate of drug-likeness (QED) is 0.731. The lowest BCUT2D eigenvalue weighted by Crippen LogP contribution is -2.38. The molecular weight excluding hydrogens is 386 g/mol. The summed E-state index contributed by atoms with van der Waals surface area (Å²) in [6.07, 6.45) is 0.803. The zero-order valence-corrected chi connectivity index (χ0v) is 15.6. The van der Waals surface area contributed by atoms with Crippen LogP contribution in [0.1, 0.15) is 22.8 Å². The fourth-order valence-electron chi connectivity index (χ4n) is 3.01. The third-order valence-corrected chi connectivity index (χ3v) is 4.89. The van der Waals surface area contributed by atoms with Crippen molar-refractivity contribution in [3.63, 3.8) is 0 Å². The Labute approximate surface area is 154 Å². The highest BCUT2D eigenvalue weighted by Crippen LogP contribution is 2.32. The van der Waals surface area contributed by atoms with E-state index in [0.717, 1.165) is 17.7 Å². The normalized spacial score (nSPS) is 15.6. The van der Waals surface area contributed by atoms with Crippen LogP contribution in [0, 0.1) is 0 Å². The molecule has 2 aromatic carbocycles. The largest absolute Gasteiger partial charge is 0.497 e. The van der Waals surface area contributed by atoms with Crippen LogP contribution in [-0.4, -0.2) is 31.6 Å². The van der Waals surface area contributed by atoms with Gasteiger partial charge in [-0.15, -0.1) is 0 Å². The molecule has 0 bridgehead atoms. The number of carbonyl (C=O) groups excluding carboxylic acids is 2. The number of halogens is 1. The number of hydrogen-bond acceptors (Lipinski definition) is 4. The first-order valence-electron chi connectivity index (χ1n) is 7.92. The molecule has 1 aliphatic rings. The molecule has 0 N–H and O–H groups in total. The first-order chi connectivity index (χ1) is 12.0. The zero-order chi connectivity index (χ0) is 18.0. The lowest BCUT2D eigenvalue weighted by atomic mass is 10.1. The standard InChI is InChI=1S/C19H18BrNO4/c1-12-9-13-5-3-4-6-17(13)21(12)18(22)11-25-19(23)15-10-14(24-2)7-8-16(15)20/h3-8,10,12H,9,11H2,1-2H3/t12-/m1/s1. The smallest absolute Gasteiger partial charge is 0.339 e. The lowest BCUT2D eigenvalue weighted by molar-refractivity contribution is -0.122. The Kier molecular flexibility index (Phi) is 5.08. The van der Waals surface area contributed by atoms with Gasteiger partial charge in [0.25, 0.3) is 5.91 Å². The van der Waals surface area contributed by atoms with E-state index >= 15 is 0 Å². The number of hydrogen-bond donors (Lipinski definition) is 0. The van der Waals surface area contributed by atoms with Gasteiger partial charge >= 0.3 is 5.97 Å². The Balaban J connectivity index is 1.70. The molecule has 130 valence electrons. The predicted molar refractivity (Wildman–Crippen MR) is 98.1 cm³/mol. The third-order valence-electron chi connectivity index (χ3n) is 4.20. The van der Waals surface area contributed by atoms with Gasteiger partial charge in [-0.2, -0.15) is 0 Å². The van der Waals surface area contributed by atoms with Crippen LogP contribution in [0.5, 0.6) is 5.75 Å². The Morgan fingerprint density at radius 1 is 1.24 bits per heavy atom. The van der Waals surface area contributed by atoms with Crippen LogP contribution in [0.15, 0.2) is 46.9 Å². The van der Waals surface area contributed by atoms with E-state index in [9.17, 15) is 9.59 Å². The van der Waals surface area contributed by atoms with Crippen molar-refractivity contribution in [3.8, 4) is 5.75 Å². The summed E-state index contributed by atoms with van der Waals surface area (Å²) in [6, 6.07) is 12.8. The van der Waals surface area contributed by atoms with Gasteiger partial charge in [-0.1, -0.05) is 18.2 Å². The number of fused-ring (bicyclic) bond motifs is 1.